The molecule has 0 aliphatic heterocycles. The van der Waals surface area contributed by atoms with Crippen LogP contribution in [-0.4, -0.2) is 32.7 Å². The third-order valence-corrected chi connectivity index (χ3v) is 5.65. The first-order valence-corrected chi connectivity index (χ1v) is 7.50. The summed E-state index contributed by atoms with van der Waals surface area (Å²) in [4.78, 5) is 0. The second-order valence-electron chi connectivity index (χ2n) is 6.19. The minimum atomic E-state index is -2.30. The van der Waals surface area contributed by atoms with Gasteiger partial charge in [0.15, 0.2) is 12.0 Å². The molecule has 112 valence electrons. The van der Waals surface area contributed by atoms with Crippen LogP contribution in [0.4, 0.5) is 8.78 Å². The van der Waals surface area contributed by atoms with Crippen molar-refractivity contribution in [1.82, 2.24) is 0 Å². The summed E-state index contributed by atoms with van der Waals surface area (Å²) in [6, 6.07) is 0. The lowest BCUT2D eigenvalue weighted by Gasteiger charge is -2.41. The van der Waals surface area contributed by atoms with E-state index in [1.54, 1.807) is 6.92 Å². The lowest BCUT2D eigenvalue weighted by atomic mass is 9.75. The molecule has 7 atom stereocenters. The molecule has 0 aromatic rings. The van der Waals surface area contributed by atoms with E-state index < -0.39 is 22.9 Å². The Morgan fingerprint density at radius 2 is 1.84 bits per heavy atom. The summed E-state index contributed by atoms with van der Waals surface area (Å²) in [5.41, 5.74) is -2.07. The third kappa shape index (κ3) is 2.64. The van der Waals surface area contributed by atoms with Crippen molar-refractivity contribution in [3.8, 4) is 0 Å². The van der Waals surface area contributed by atoms with E-state index in [1.807, 2.05) is 0 Å². The van der Waals surface area contributed by atoms with Gasteiger partial charge in [0.05, 0.1) is 6.10 Å². The summed E-state index contributed by atoms with van der Waals surface area (Å²) in [7, 11) is 0. The topological polar surface area (TPSA) is 49.7 Å². The van der Waals surface area contributed by atoms with E-state index in [0.29, 0.717) is 12.8 Å². The van der Waals surface area contributed by atoms with Gasteiger partial charge >= 0.3 is 0 Å². The SMILES string of the molecule is CC(O)OC1CC2CC1CC2C(C)(F)C(C)(F)SO. The fourth-order valence-corrected chi connectivity index (χ4v) is 4.06. The Kier molecular flexibility index (Phi) is 4.18. The predicted octanol–water partition coefficient (Wildman–Crippen LogP) is 3.38. The summed E-state index contributed by atoms with van der Waals surface area (Å²) in [6.07, 6.45) is 1.15. The van der Waals surface area contributed by atoms with E-state index in [0.717, 1.165) is 13.3 Å². The molecule has 2 rings (SSSR count). The molecular formula is C13H22F2O3S. The maximum Gasteiger partial charge on any atom is 0.211 e. The standard InChI is InChI=1S/C13H22F2O3S/c1-7(16)18-11-6-8-4-9(11)5-10(8)12(2,14)13(3,15)19-17/h7-11,16-17H,4-6H2,1-3H3. The van der Waals surface area contributed by atoms with E-state index in [1.165, 1.54) is 6.92 Å². The van der Waals surface area contributed by atoms with E-state index in [-0.39, 0.29) is 30.0 Å². The van der Waals surface area contributed by atoms with Gasteiger partial charge in [0.2, 0.25) is 5.00 Å². The van der Waals surface area contributed by atoms with Gasteiger partial charge in [-0.1, -0.05) is 0 Å². The summed E-state index contributed by atoms with van der Waals surface area (Å²) < 4.78 is 43.3. The molecule has 2 fully saturated rings. The van der Waals surface area contributed by atoms with Crippen LogP contribution >= 0.6 is 12.0 Å². The summed E-state index contributed by atoms with van der Waals surface area (Å²) in [6.45, 7) is 3.89. The number of ether oxygens (including phenoxy) is 1. The minimum Gasteiger partial charge on any atom is -0.368 e. The highest BCUT2D eigenvalue weighted by molar-refractivity contribution is 7.95. The van der Waals surface area contributed by atoms with Gasteiger partial charge < -0.3 is 14.4 Å². The Morgan fingerprint density at radius 3 is 2.26 bits per heavy atom. The van der Waals surface area contributed by atoms with Crippen LogP contribution in [0.2, 0.25) is 0 Å². The molecule has 0 heterocycles. The zero-order chi connectivity index (χ0) is 14.4. The van der Waals surface area contributed by atoms with Crippen LogP contribution in [-0.2, 0) is 4.74 Å². The first-order chi connectivity index (χ1) is 8.69. The quantitative estimate of drug-likeness (QED) is 0.603. The number of hydrogen-bond acceptors (Lipinski definition) is 4. The molecule has 0 radical (unpaired) electrons. The highest BCUT2D eigenvalue weighted by atomic mass is 32.2. The highest BCUT2D eigenvalue weighted by Crippen LogP contribution is 2.58. The predicted molar refractivity (Wildman–Crippen MR) is 70.1 cm³/mol. The highest BCUT2D eigenvalue weighted by Gasteiger charge is 2.60. The molecule has 2 saturated carbocycles. The van der Waals surface area contributed by atoms with Gasteiger partial charge in [-0.2, -0.15) is 0 Å². The van der Waals surface area contributed by atoms with E-state index in [4.69, 9.17) is 9.29 Å². The van der Waals surface area contributed by atoms with Gasteiger partial charge in [-0.15, -0.1) is 0 Å². The van der Waals surface area contributed by atoms with Crippen LogP contribution in [0.1, 0.15) is 40.0 Å². The van der Waals surface area contributed by atoms with Crippen molar-refractivity contribution >= 4 is 12.0 Å². The molecule has 2 aliphatic carbocycles. The first-order valence-electron chi connectivity index (χ1n) is 6.73. The van der Waals surface area contributed by atoms with Gasteiger partial charge in [-0.3, -0.25) is 0 Å². The van der Waals surface area contributed by atoms with Gasteiger partial charge in [-0.05, 0) is 51.9 Å². The molecule has 0 saturated heterocycles. The Labute approximate surface area is 116 Å². The van der Waals surface area contributed by atoms with E-state index in [9.17, 15) is 13.9 Å². The van der Waals surface area contributed by atoms with Crippen molar-refractivity contribution in [2.45, 2.75) is 63.1 Å². The van der Waals surface area contributed by atoms with Crippen molar-refractivity contribution in [3.05, 3.63) is 0 Å². The van der Waals surface area contributed by atoms with Gasteiger partial charge in [0.1, 0.15) is 0 Å². The van der Waals surface area contributed by atoms with Crippen molar-refractivity contribution in [2.24, 2.45) is 17.8 Å². The number of aliphatic hydroxyl groups excluding tert-OH is 1. The fourth-order valence-electron chi connectivity index (χ4n) is 3.73. The maximum atomic E-state index is 14.8. The molecule has 0 spiro atoms. The summed E-state index contributed by atoms with van der Waals surface area (Å²) in [5, 5.41) is 6.94. The lowest BCUT2D eigenvalue weighted by molar-refractivity contribution is -0.146. The third-order valence-electron chi connectivity index (χ3n) is 4.90. The monoisotopic (exact) mass is 296 g/mol. The number of alkyl halides is 2. The molecule has 2 N–H and O–H groups in total. The molecule has 3 nitrogen and oxygen atoms in total. The summed E-state index contributed by atoms with van der Waals surface area (Å²) in [5.74, 6) is -0.161. The van der Waals surface area contributed by atoms with Crippen molar-refractivity contribution in [1.29, 1.82) is 0 Å². The van der Waals surface area contributed by atoms with Crippen LogP contribution in [0.5, 0.6) is 0 Å². The zero-order valence-corrected chi connectivity index (χ0v) is 12.3. The Balaban J connectivity index is 2.05. The number of hydrogen-bond donors (Lipinski definition) is 2. The van der Waals surface area contributed by atoms with Gasteiger partial charge in [-0.25, -0.2) is 8.78 Å². The molecule has 0 amide bonds. The second-order valence-corrected chi connectivity index (χ2v) is 7.14. The average Bonchev–Trinajstić information content (AvgIpc) is 2.87. The van der Waals surface area contributed by atoms with Crippen molar-refractivity contribution in [3.63, 3.8) is 0 Å². The smallest absolute Gasteiger partial charge is 0.211 e. The number of fused-ring (bicyclic) bond motifs is 2. The molecule has 0 aromatic heterocycles. The van der Waals surface area contributed by atoms with Crippen LogP contribution < -0.4 is 0 Å². The zero-order valence-electron chi connectivity index (χ0n) is 11.5. The number of rotatable bonds is 5. The van der Waals surface area contributed by atoms with Crippen LogP contribution in [0.25, 0.3) is 0 Å². The first kappa shape index (κ1) is 15.5. The van der Waals surface area contributed by atoms with Gasteiger partial charge in [0, 0.05) is 18.0 Å². The second kappa shape index (κ2) is 5.13. The molecule has 6 heteroatoms. The normalized spacial score (nSPS) is 41.8. The molecule has 2 bridgehead atoms. The van der Waals surface area contributed by atoms with E-state index in [2.05, 4.69) is 0 Å². The molecule has 7 unspecified atom stereocenters. The molecular weight excluding hydrogens is 274 g/mol. The maximum absolute atomic E-state index is 14.8. The number of halogens is 2. The van der Waals surface area contributed by atoms with Crippen LogP contribution in [0, 0.1) is 17.8 Å². The van der Waals surface area contributed by atoms with Crippen molar-refractivity contribution < 1.29 is 23.2 Å². The minimum absolute atomic E-state index is 0.0512. The largest absolute Gasteiger partial charge is 0.368 e. The molecule has 19 heavy (non-hydrogen) atoms. The number of aliphatic hydroxyl groups is 1. The summed E-state index contributed by atoms with van der Waals surface area (Å²) >= 11 is -0.0532. The van der Waals surface area contributed by atoms with Crippen molar-refractivity contribution in [2.75, 3.05) is 0 Å². The molecule has 2 aliphatic rings. The lowest BCUT2D eigenvalue weighted by Crippen LogP contribution is -2.49. The Bertz CT molecular complexity index is 336. The van der Waals surface area contributed by atoms with E-state index >= 15 is 0 Å². The molecule has 0 aromatic carbocycles. The van der Waals surface area contributed by atoms with Gasteiger partial charge in [0.25, 0.3) is 0 Å². The fraction of sp³-hybridized carbons (Fsp3) is 1.00. The van der Waals surface area contributed by atoms with Crippen LogP contribution in [0.3, 0.4) is 0 Å². The Morgan fingerprint density at radius 1 is 1.21 bits per heavy atom. The average molecular weight is 296 g/mol. The Hall–Kier alpha value is 0.0900. The van der Waals surface area contributed by atoms with Crippen LogP contribution in [0.15, 0.2) is 0 Å².